The van der Waals surface area contributed by atoms with E-state index in [2.05, 4.69) is 20.3 Å². The first-order valence-electron chi connectivity index (χ1n) is 8.23. The van der Waals surface area contributed by atoms with E-state index in [-0.39, 0.29) is 5.97 Å². The lowest BCUT2D eigenvalue weighted by molar-refractivity contribution is -0.166. The molecule has 7 nitrogen and oxygen atoms in total. The van der Waals surface area contributed by atoms with Crippen LogP contribution in [0.1, 0.15) is 71.3 Å². The predicted molar refractivity (Wildman–Crippen MR) is 86.4 cm³/mol. The second-order valence-electron chi connectivity index (χ2n) is 7.96. The first kappa shape index (κ1) is 16.7. The van der Waals surface area contributed by atoms with Gasteiger partial charge in [-0.15, -0.1) is 0 Å². The number of hydrogen-bond acceptors (Lipinski definition) is 6. The normalized spacial score (nSPS) is 17.4. The first-order valence-corrected chi connectivity index (χ1v) is 8.23. The van der Waals surface area contributed by atoms with Crippen LogP contribution in [-0.4, -0.2) is 31.9 Å². The number of hydrogen-bond donors (Lipinski definition) is 1. The van der Waals surface area contributed by atoms with Crippen molar-refractivity contribution < 1.29 is 14.1 Å². The molecule has 1 aliphatic rings. The number of aromatic amines is 1. The molecule has 0 atom stereocenters. The number of H-pyrrole nitrogens is 1. The van der Waals surface area contributed by atoms with E-state index in [9.17, 15) is 4.79 Å². The van der Waals surface area contributed by atoms with E-state index in [4.69, 9.17) is 9.26 Å². The van der Waals surface area contributed by atoms with Gasteiger partial charge in [-0.2, -0.15) is 10.1 Å². The number of carbonyl (C=O) groups excluding carboxylic acids is 1. The summed E-state index contributed by atoms with van der Waals surface area (Å²) in [5, 5.41) is 11.0. The van der Waals surface area contributed by atoms with E-state index in [1.807, 2.05) is 40.7 Å². The summed E-state index contributed by atoms with van der Waals surface area (Å²) in [6.45, 7) is 9.53. The van der Waals surface area contributed by atoms with Gasteiger partial charge in [0.25, 0.3) is 0 Å². The Kier molecular flexibility index (Phi) is 3.77. The minimum atomic E-state index is -0.779. The maximum absolute atomic E-state index is 12.7. The zero-order valence-electron chi connectivity index (χ0n) is 14.8. The largest absolute Gasteiger partial charge is 0.459 e. The van der Waals surface area contributed by atoms with Crippen molar-refractivity contribution in [2.45, 2.75) is 70.3 Å². The topological polar surface area (TPSA) is 93.9 Å². The van der Waals surface area contributed by atoms with Crippen LogP contribution in [-0.2, 0) is 20.4 Å². The van der Waals surface area contributed by atoms with Gasteiger partial charge in [0, 0.05) is 6.20 Å². The van der Waals surface area contributed by atoms with Crippen molar-refractivity contribution in [2.24, 2.45) is 0 Å². The van der Waals surface area contributed by atoms with Crippen molar-refractivity contribution >= 4 is 5.97 Å². The summed E-state index contributed by atoms with van der Waals surface area (Å²) >= 11 is 0. The molecule has 3 rings (SSSR count). The Morgan fingerprint density at radius 2 is 2.00 bits per heavy atom. The molecular formula is C17H24N4O3. The molecule has 7 heteroatoms. The molecule has 0 amide bonds. The van der Waals surface area contributed by atoms with Crippen molar-refractivity contribution in [2.75, 3.05) is 0 Å². The Labute approximate surface area is 141 Å². The average molecular weight is 332 g/mol. The Balaban J connectivity index is 1.90. The fraction of sp³-hybridized carbons (Fsp3) is 0.647. The fourth-order valence-corrected chi connectivity index (χ4v) is 2.82. The third-order valence-corrected chi connectivity index (χ3v) is 4.56. The number of carbonyl (C=O) groups is 1. The number of nitrogens with one attached hydrogen (secondary N) is 1. The molecule has 0 radical (unpaired) electrons. The summed E-state index contributed by atoms with van der Waals surface area (Å²) in [5.74, 6) is 0.607. The van der Waals surface area contributed by atoms with Crippen molar-refractivity contribution in [1.29, 1.82) is 0 Å². The zero-order chi connectivity index (χ0) is 17.6. The van der Waals surface area contributed by atoms with Crippen molar-refractivity contribution in [3.8, 4) is 0 Å². The molecule has 2 aromatic heterocycles. The molecule has 24 heavy (non-hydrogen) atoms. The van der Waals surface area contributed by atoms with Gasteiger partial charge in [0.1, 0.15) is 11.0 Å². The van der Waals surface area contributed by atoms with Gasteiger partial charge in [0.05, 0.1) is 11.1 Å². The van der Waals surface area contributed by atoms with Crippen molar-refractivity contribution in [3.05, 3.63) is 29.7 Å². The highest BCUT2D eigenvalue weighted by molar-refractivity contribution is 5.83. The first-order chi connectivity index (χ1) is 11.2. The maximum Gasteiger partial charge on any atom is 0.320 e. The standard InChI is InChI=1S/C17H24N4O3/c1-15(2,3)23-14(22)17(8-6-9-17)12-19-13(24-21-12)16(4,5)11-7-10-18-20-11/h7,10H,6,8-9H2,1-5H3,(H,18,20). The molecule has 1 fully saturated rings. The Hall–Kier alpha value is -2.18. The molecule has 0 saturated heterocycles. The highest BCUT2D eigenvalue weighted by Gasteiger charge is 2.52. The summed E-state index contributed by atoms with van der Waals surface area (Å²) in [4.78, 5) is 17.2. The second kappa shape index (κ2) is 5.43. The van der Waals surface area contributed by atoms with E-state index in [0.717, 1.165) is 12.1 Å². The fourth-order valence-electron chi connectivity index (χ4n) is 2.82. The zero-order valence-corrected chi connectivity index (χ0v) is 14.8. The van der Waals surface area contributed by atoms with Crippen molar-refractivity contribution in [3.63, 3.8) is 0 Å². The highest BCUT2D eigenvalue weighted by Crippen LogP contribution is 2.45. The van der Waals surface area contributed by atoms with E-state index in [1.54, 1.807) is 6.20 Å². The molecule has 1 saturated carbocycles. The van der Waals surface area contributed by atoms with Crippen LogP contribution in [0.4, 0.5) is 0 Å². The summed E-state index contributed by atoms with van der Waals surface area (Å²) in [5.41, 5.74) is -0.959. The van der Waals surface area contributed by atoms with Crippen LogP contribution in [0.25, 0.3) is 0 Å². The number of esters is 1. The van der Waals surface area contributed by atoms with Gasteiger partial charge >= 0.3 is 5.97 Å². The number of ether oxygens (including phenoxy) is 1. The van der Waals surface area contributed by atoms with Crippen LogP contribution >= 0.6 is 0 Å². The van der Waals surface area contributed by atoms with E-state index >= 15 is 0 Å². The molecule has 1 N–H and O–H groups in total. The highest BCUT2D eigenvalue weighted by atomic mass is 16.6. The molecule has 130 valence electrons. The van der Waals surface area contributed by atoms with Gasteiger partial charge in [-0.05, 0) is 53.5 Å². The van der Waals surface area contributed by atoms with Gasteiger partial charge in [0.2, 0.25) is 5.89 Å². The summed E-state index contributed by atoms with van der Waals surface area (Å²) < 4.78 is 11.1. The van der Waals surface area contributed by atoms with Crippen LogP contribution < -0.4 is 0 Å². The molecular weight excluding hydrogens is 308 g/mol. The molecule has 0 aliphatic heterocycles. The smallest absolute Gasteiger partial charge is 0.320 e. The van der Waals surface area contributed by atoms with E-state index < -0.39 is 16.4 Å². The predicted octanol–water partition coefficient (Wildman–Crippen LogP) is 2.88. The molecule has 0 aromatic carbocycles. The molecule has 0 unspecified atom stereocenters. The third-order valence-electron chi connectivity index (χ3n) is 4.56. The van der Waals surface area contributed by atoms with Crippen molar-refractivity contribution in [1.82, 2.24) is 20.3 Å². The quantitative estimate of drug-likeness (QED) is 0.865. The maximum atomic E-state index is 12.7. The molecule has 2 aromatic rings. The lowest BCUT2D eigenvalue weighted by atomic mass is 9.68. The Morgan fingerprint density at radius 3 is 2.50 bits per heavy atom. The summed E-state index contributed by atoms with van der Waals surface area (Å²) in [6.07, 6.45) is 4.01. The average Bonchev–Trinajstić information content (AvgIpc) is 3.07. The Morgan fingerprint density at radius 1 is 1.29 bits per heavy atom. The van der Waals surface area contributed by atoms with Crippen LogP contribution in [0, 0.1) is 0 Å². The van der Waals surface area contributed by atoms with Gasteiger partial charge in [-0.25, -0.2) is 0 Å². The van der Waals surface area contributed by atoms with Crippen LogP contribution in [0.3, 0.4) is 0 Å². The molecule has 0 bridgehead atoms. The van der Waals surface area contributed by atoms with Crippen LogP contribution in [0.5, 0.6) is 0 Å². The van der Waals surface area contributed by atoms with Gasteiger partial charge in [-0.1, -0.05) is 11.6 Å². The van der Waals surface area contributed by atoms with E-state index in [1.165, 1.54) is 0 Å². The third kappa shape index (κ3) is 2.72. The minimum absolute atomic E-state index is 0.270. The molecule has 2 heterocycles. The lowest BCUT2D eigenvalue weighted by Crippen LogP contribution is -2.47. The lowest BCUT2D eigenvalue weighted by Gasteiger charge is -2.38. The van der Waals surface area contributed by atoms with Gasteiger partial charge in [0.15, 0.2) is 5.82 Å². The number of nitrogens with zero attached hydrogens (tertiary/aromatic N) is 3. The van der Waals surface area contributed by atoms with Gasteiger partial charge < -0.3 is 9.26 Å². The minimum Gasteiger partial charge on any atom is -0.459 e. The monoisotopic (exact) mass is 332 g/mol. The Bertz CT molecular complexity index is 721. The number of rotatable bonds is 4. The summed E-state index contributed by atoms with van der Waals surface area (Å²) in [7, 11) is 0. The SMILES string of the molecule is CC(C)(C)OC(=O)C1(c2noc(C(C)(C)c3ccn[nH]3)n2)CCC1. The second-order valence-corrected chi connectivity index (χ2v) is 7.96. The van der Waals surface area contributed by atoms with Crippen LogP contribution in [0.15, 0.2) is 16.8 Å². The van der Waals surface area contributed by atoms with Gasteiger partial charge in [-0.3, -0.25) is 9.89 Å². The molecule has 1 aliphatic carbocycles. The molecule has 0 spiro atoms. The summed E-state index contributed by atoms with van der Waals surface area (Å²) in [6, 6.07) is 1.87. The van der Waals surface area contributed by atoms with Crippen LogP contribution in [0.2, 0.25) is 0 Å². The number of aromatic nitrogens is 4. The van der Waals surface area contributed by atoms with E-state index in [0.29, 0.717) is 24.6 Å².